The average molecular weight is 318 g/mol. The van der Waals surface area contributed by atoms with Gasteiger partial charge in [0.15, 0.2) is 0 Å². The van der Waals surface area contributed by atoms with Gasteiger partial charge in [0, 0.05) is 18.8 Å². The van der Waals surface area contributed by atoms with Crippen molar-refractivity contribution >= 4 is 11.7 Å². The van der Waals surface area contributed by atoms with Crippen LogP contribution < -0.4 is 5.32 Å². The van der Waals surface area contributed by atoms with Gasteiger partial charge in [-0.2, -0.15) is 13.2 Å². The van der Waals surface area contributed by atoms with Crippen molar-refractivity contribution in [1.29, 1.82) is 0 Å². The molecule has 122 valence electrons. The molecule has 1 N–H and O–H groups in total. The smallest absolute Gasteiger partial charge is 0.325 e. The van der Waals surface area contributed by atoms with Crippen LogP contribution >= 0.6 is 0 Å². The molecule has 0 atom stereocenters. The number of halogens is 4. The van der Waals surface area contributed by atoms with Gasteiger partial charge in [-0.05, 0) is 31.0 Å². The Labute approximate surface area is 126 Å². The highest BCUT2D eigenvalue weighted by atomic mass is 19.4. The van der Waals surface area contributed by atoms with Crippen molar-refractivity contribution in [3.63, 3.8) is 0 Å². The first-order valence-electron chi connectivity index (χ1n) is 7.19. The fraction of sp³-hybridized carbons (Fsp3) is 0.533. The molecule has 0 heterocycles. The van der Waals surface area contributed by atoms with Gasteiger partial charge in [-0.3, -0.25) is 0 Å². The van der Waals surface area contributed by atoms with Crippen LogP contribution in [0.25, 0.3) is 0 Å². The van der Waals surface area contributed by atoms with Gasteiger partial charge in [-0.15, -0.1) is 0 Å². The molecule has 0 aromatic heterocycles. The van der Waals surface area contributed by atoms with Crippen LogP contribution in [0.15, 0.2) is 18.2 Å². The van der Waals surface area contributed by atoms with Gasteiger partial charge in [0.2, 0.25) is 0 Å². The Morgan fingerprint density at radius 3 is 2.45 bits per heavy atom. The number of alkyl halides is 3. The Bertz CT molecular complexity index is 539. The third-order valence-corrected chi connectivity index (χ3v) is 3.97. The third-order valence-electron chi connectivity index (χ3n) is 3.97. The molecule has 0 spiro atoms. The van der Waals surface area contributed by atoms with E-state index in [0.29, 0.717) is 12.1 Å². The molecule has 2 amide bonds. The maximum atomic E-state index is 13.2. The number of urea groups is 1. The summed E-state index contributed by atoms with van der Waals surface area (Å²) in [5.41, 5.74) is -1.45. The van der Waals surface area contributed by atoms with Crippen LogP contribution in [-0.4, -0.2) is 24.0 Å². The molecule has 1 aromatic carbocycles. The number of amides is 2. The van der Waals surface area contributed by atoms with Crippen LogP contribution in [0.1, 0.15) is 37.7 Å². The molecule has 1 aromatic rings. The number of nitrogens with one attached hydrogen (secondary N) is 1. The minimum Gasteiger partial charge on any atom is -0.325 e. The molecular formula is C15H18F4N2O. The fourth-order valence-corrected chi connectivity index (χ4v) is 2.67. The molecule has 0 saturated heterocycles. The van der Waals surface area contributed by atoms with E-state index < -0.39 is 23.6 Å². The fourth-order valence-electron chi connectivity index (χ4n) is 2.67. The number of carbonyl (C=O) groups excluding carboxylic acids is 1. The summed E-state index contributed by atoms with van der Waals surface area (Å²) in [4.78, 5) is 13.6. The zero-order chi connectivity index (χ0) is 16.3. The molecule has 22 heavy (non-hydrogen) atoms. The summed E-state index contributed by atoms with van der Waals surface area (Å²) >= 11 is 0. The maximum absolute atomic E-state index is 13.2. The number of hydrogen-bond donors (Lipinski definition) is 1. The van der Waals surface area contributed by atoms with Crippen LogP contribution in [-0.2, 0) is 6.18 Å². The molecule has 2 rings (SSSR count). The lowest BCUT2D eigenvalue weighted by Crippen LogP contribution is -2.40. The number of rotatable bonds is 2. The van der Waals surface area contributed by atoms with Gasteiger partial charge >= 0.3 is 12.2 Å². The maximum Gasteiger partial charge on any atom is 0.419 e. The van der Waals surface area contributed by atoms with Gasteiger partial charge in [0.05, 0.1) is 5.56 Å². The van der Waals surface area contributed by atoms with Crippen molar-refractivity contribution in [3.8, 4) is 0 Å². The topological polar surface area (TPSA) is 32.3 Å². The lowest BCUT2D eigenvalue weighted by Gasteiger charge is -2.31. The second kappa shape index (κ2) is 6.54. The highest BCUT2D eigenvalue weighted by molar-refractivity contribution is 5.89. The number of anilines is 1. The van der Waals surface area contributed by atoms with E-state index in [1.807, 2.05) is 0 Å². The van der Waals surface area contributed by atoms with Gasteiger partial charge in [-0.25, -0.2) is 9.18 Å². The van der Waals surface area contributed by atoms with Crippen molar-refractivity contribution < 1.29 is 22.4 Å². The number of benzene rings is 1. The second-order valence-corrected chi connectivity index (χ2v) is 5.53. The van der Waals surface area contributed by atoms with Crippen molar-refractivity contribution in [2.75, 3.05) is 12.4 Å². The predicted molar refractivity (Wildman–Crippen MR) is 75.1 cm³/mol. The standard InChI is InChI=1S/C15H18F4N2O/c1-21(11-5-3-2-4-6-11)14(22)20-10-7-8-13(16)12(9-10)15(17,18)19/h7-9,11H,2-6H2,1H3,(H,20,22). The van der Waals surface area contributed by atoms with Crippen LogP contribution in [0.4, 0.5) is 28.0 Å². The quantitative estimate of drug-likeness (QED) is 0.792. The highest BCUT2D eigenvalue weighted by Crippen LogP contribution is 2.33. The molecule has 1 fully saturated rings. The summed E-state index contributed by atoms with van der Waals surface area (Å²) in [6, 6.07) is 2.06. The van der Waals surface area contributed by atoms with Gasteiger partial charge in [0.1, 0.15) is 5.82 Å². The van der Waals surface area contributed by atoms with Gasteiger partial charge in [0.25, 0.3) is 0 Å². The summed E-state index contributed by atoms with van der Waals surface area (Å²) in [7, 11) is 1.62. The number of carbonyl (C=O) groups is 1. The van der Waals surface area contributed by atoms with E-state index in [4.69, 9.17) is 0 Å². The lowest BCUT2D eigenvalue weighted by molar-refractivity contribution is -0.139. The summed E-state index contributed by atoms with van der Waals surface area (Å²) < 4.78 is 51.2. The molecule has 3 nitrogen and oxygen atoms in total. The molecule has 1 aliphatic carbocycles. The Morgan fingerprint density at radius 1 is 1.23 bits per heavy atom. The van der Waals surface area contributed by atoms with Crippen molar-refractivity contribution in [2.45, 2.75) is 44.3 Å². The van der Waals surface area contributed by atoms with Crippen molar-refractivity contribution in [3.05, 3.63) is 29.6 Å². The monoisotopic (exact) mass is 318 g/mol. The highest BCUT2D eigenvalue weighted by Gasteiger charge is 2.34. The third kappa shape index (κ3) is 3.90. The second-order valence-electron chi connectivity index (χ2n) is 5.53. The van der Waals surface area contributed by atoms with Crippen LogP contribution in [0, 0.1) is 5.82 Å². The average Bonchev–Trinajstić information content (AvgIpc) is 2.48. The van der Waals surface area contributed by atoms with E-state index in [9.17, 15) is 22.4 Å². The van der Waals surface area contributed by atoms with Gasteiger partial charge in [-0.1, -0.05) is 19.3 Å². The minimum absolute atomic E-state index is 0.0682. The summed E-state index contributed by atoms with van der Waals surface area (Å²) in [6.07, 6.45) is 0.204. The first-order chi connectivity index (χ1) is 10.3. The molecule has 1 saturated carbocycles. The van der Waals surface area contributed by atoms with E-state index in [-0.39, 0.29) is 11.7 Å². The SMILES string of the molecule is CN(C(=O)Nc1ccc(F)c(C(F)(F)F)c1)C1CCCCC1. The number of nitrogens with zero attached hydrogens (tertiary/aromatic N) is 1. The van der Waals surface area contributed by atoms with E-state index in [1.54, 1.807) is 7.05 Å². The molecular weight excluding hydrogens is 300 g/mol. The van der Waals surface area contributed by atoms with E-state index >= 15 is 0 Å². The predicted octanol–water partition coefficient (Wildman–Crippen LogP) is 4.64. The van der Waals surface area contributed by atoms with Crippen LogP contribution in [0.5, 0.6) is 0 Å². The van der Waals surface area contributed by atoms with E-state index in [0.717, 1.165) is 38.2 Å². The summed E-state index contributed by atoms with van der Waals surface area (Å²) in [6.45, 7) is 0. The molecule has 7 heteroatoms. The molecule has 0 radical (unpaired) electrons. The van der Waals surface area contributed by atoms with Gasteiger partial charge < -0.3 is 10.2 Å². The molecule has 0 aliphatic heterocycles. The normalized spacial score (nSPS) is 16.4. The lowest BCUT2D eigenvalue weighted by atomic mass is 9.95. The Morgan fingerprint density at radius 2 is 1.86 bits per heavy atom. The Hall–Kier alpha value is -1.79. The molecule has 0 unspecified atom stereocenters. The van der Waals surface area contributed by atoms with Crippen molar-refractivity contribution in [2.24, 2.45) is 0 Å². The summed E-state index contributed by atoms with van der Waals surface area (Å²) in [5, 5.41) is 2.40. The van der Waals surface area contributed by atoms with Crippen molar-refractivity contribution in [1.82, 2.24) is 4.90 Å². The zero-order valence-corrected chi connectivity index (χ0v) is 12.2. The Balaban J connectivity index is 2.08. The first-order valence-corrected chi connectivity index (χ1v) is 7.19. The number of hydrogen-bond acceptors (Lipinski definition) is 1. The van der Waals surface area contributed by atoms with Crippen LogP contribution in [0.3, 0.4) is 0 Å². The molecule has 0 bridgehead atoms. The minimum atomic E-state index is -4.79. The largest absolute Gasteiger partial charge is 0.419 e. The molecule has 1 aliphatic rings. The first kappa shape index (κ1) is 16.6. The van der Waals surface area contributed by atoms with E-state index in [2.05, 4.69) is 5.32 Å². The Kier molecular flexibility index (Phi) is 4.93. The van der Waals surface area contributed by atoms with Crippen LogP contribution in [0.2, 0.25) is 0 Å². The zero-order valence-electron chi connectivity index (χ0n) is 12.2. The summed E-state index contributed by atoms with van der Waals surface area (Å²) in [5.74, 6) is -1.36. The van der Waals surface area contributed by atoms with E-state index in [1.165, 1.54) is 4.90 Å².